The van der Waals surface area contributed by atoms with E-state index in [1.54, 1.807) is 14.7 Å². The van der Waals surface area contributed by atoms with Crippen LogP contribution in [0.25, 0.3) is 0 Å². The second-order valence-electron chi connectivity index (χ2n) is 11.8. The number of unbranched alkanes of at least 4 members (excludes halogenated alkanes) is 2. The normalized spacial score (nSPS) is 30.8. The number of carbonyl (C=O) groups excluding carboxylic acids is 3. The molecule has 3 amide bonds. The molecule has 0 aliphatic carbocycles. The van der Waals surface area contributed by atoms with Crippen molar-refractivity contribution in [1.29, 1.82) is 0 Å². The molecule has 204 valence electrons. The smallest absolute Gasteiger partial charge is 0.249 e. The molecule has 1 spiro atoms. The van der Waals surface area contributed by atoms with Gasteiger partial charge in [0.1, 0.15) is 11.6 Å². The number of benzene rings is 1. The number of hydrogen-bond donors (Lipinski definition) is 1. The van der Waals surface area contributed by atoms with Gasteiger partial charge in [-0.25, -0.2) is 0 Å². The van der Waals surface area contributed by atoms with Gasteiger partial charge in [0.25, 0.3) is 0 Å². The van der Waals surface area contributed by atoms with Crippen molar-refractivity contribution in [2.24, 2.45) is 11.8 Å². The van der Waals surface area contributed by atoms with Crippen LogP contribution in [0.4, 0.5) is 0 Å². The molecule has 8 heteroatoms. The number of ether oxygens (including phenoxy) is 1. The van der Waals surface area contributed by atoms with Crippen molar-refractivity contribution in [2.45, 2.75) is 69.9 Å². The van der Waals surface area contributed by atoms with E-state index in [9.17, 15) is 19.5 Å². The number of fused-ring (bicyclic) bond motifs is 2. The summed E-state index contributed by atoms with van der Waals surface area (Å²) < 4.78 is 6.70. The second-order valence-corrected chi connectivity index (χ2v) is 11.8. The molecule has 2 saturated heterocycles. The zero-order chi connectivity index (χ0) is 27.1. The first-order chi connectivity index (χ1) is 18.2. The Kier molecular flexibility index (Phi) is 7.22. The summed E-state index contributed by atoms with van der Waals surface area (Å²) in [6, 6.07) is 9.00. The summed E-state index contributed by atoms with van der Waals surface area (Å²) >= 11 is 0. The van der Waals surface area contributed by atoms with E-state index in [4.69, 9.17) is 4.74 Å². The van der Waals surface area contributed by atoms with Crippen molar-refractivity contribution in [3.63, 3.8) is 0 Å². The predicted molar refractivity (Wildman–Crippen MR) is 143 cm³/mol. The van der Waals surface area contributed by atoms with Crippen LogP contribution in [0, 0.1) is 11.8 Å². The molecule has 1 N–H and O–H groups in total. The maximum absolute atomic E-state index is 14.2. The van der Waals surface area contributed by atoms with Crippen molar-refractivity contribution in [1.82, 2.24) is 14.7 Å². The van der Waals surface area contributed by atoms with Gasteiger partial charge in [-0.1, -0.05) is 54.6 Å². The topological polar surface area (TPSA) is 90.4 Å². The fourth-order valence-corrected chi connectivity index (χ4v) is 6.55. The van der Waals surface area contributed by atoms with Gasteiger partial charge in [-0.05, 0) is 45.6 Å². The average molecular weight is 522 g/mol. The highest BCUT2D eigenvalue weighted by Crippen LogP contribution is 2.53. The van der Waals surface area contributed by atoms with Crippen LogP contribution in [0.2, 0.25) is 0 Å². The van der Waals surface area contributed by atoms with Gasteiger partial charge >= 0.3 is 0 Å². The number of aliphatic hydroxyl groups excluding tert-OH is 1. The molecule has 1 aromatic rings. The minimum absolute atomic E-state index is 0.0916. The van der Waals surface area contributed by atoms with Crippen LogP contribution < -0.4 is 0 Å². The summed E-state index contributed by atoms with van der Waals surface area (Å²) in [4.78, 5) is 47.7. The van der Waals surface area contributed by atoms with Crippen LogP contribution in [0.3, 0.4) is 0 Å². The lowest BCUT2D eigenvalue weighted by Crippen LogP contribution is -2.58. The number of likely N-dealkylation sites (tertiary alicyclic amines) is 1. The minimum atomic E-state index is -1.20. The predicted octanol–water partition coefficient (Wildman–Crippen LogP) is 2.53. The molecule has 4 aliphatic heterocycles. The molecule has 0 radical (unpaired) electrons. The van der Waals surface area contributed by atoms with Gasteiger partial charge in [-0.2, -0.15) is 0 Å². The van der Waals surface area contributed by atoms with Crippen molar-refractivity contribution in [3.8, 4) is 0 Å². The Morgan fingerprint density at radius 2 is 1.74 bits per heavy atom. The van der Waals surface area contributed by atoms with Crippen molar-refractivity contribution < 1.29 is 24.2 Å². The number of aliphatic hydroxyl groups is 1. The Balaban J connectivity index is 1.52. The van der Waals surface area contributed by atoms with Gasteiger partial charge in [-0.15, -0.1) is 0 Å². The zero-order valence-electron chi connectivity index (χ0n) is 22.6. The Labute approximate surface area is 224 Å². The number of rotatable bonds is 7. The van der Waals surface area contributed by atoms with E-state index >= 15 is 0 Å². The SMILES string of the molecule is CC(C)(C)N1CC=C[C@]23O[C@H]4C=CCN(Cc5ccccc5)C(=O)[C@H]4[C@H]2C(=O)N(CCCCCO)C3C1=O. The molecule has 0 aromatic heterocycles. The molecule has 1 unspecified atom stereocenters. The largest absolute Gasteiger partial charge is 0.396 e. The van der Waals surface area contributed by atoms with E-state index < -0.39 is 35.1 Å². The summed E-state index contributed by atoms with van der Waals surface area (Å²) in [7, 11) is 0. The third kappa shape index (κ3) is 4.47. The van der Waals surface area contributed by atoms with Crippen LogP contribution in [0.1, 0.15) is 45.6 Å². The molecule has 5 atom stereocenters. The highest BCUT2D eigenvalue weighted by molar-refractivity contribution is 6.00. The van der Waals surface area contributed by atoms with Gasteiger partial charge < -0.3 is 24.5 Å². The zero-order valence-corrected chi connectivity index (χ0v) is 22.6. The van der Waals surface area contributed by atoms with Crippen molar-refractivity contribution in [3.05, 3.63) is 60.2 Å². The Bertz CT molecular complexity index is 1130. The number of hydrogen-bond acceptors (Lipinski definition) is 5. The number of amides is 3. The van der Waals surface area contributed by atoms with Crippen LogP contribution in [-0.2, 0) is 25.7 Å². The van der Waals surface area contributed by atoms with Crippen LogP contribution in [-0.4, -0.2) is 87.1 Å². The van der Waals surface area contributed by atoms with Gasteiger partial charge in [0, 0.05) is 38.3 Å². The van der Waals surface area contributed by atoms with Crippen LogP contribution >= 0.6 is 0 Å². The summed E-state index contributed by atoms with van der Waals surface area (Å²) in [5, 5.41) is 9.23. The van der Waals surface area contributed by atoms with E-state index in [0.29, 0.717) is 39.0 Å². The third-order valence-corrected chi connectivity index (χ3v) is 8.33. The number of carbonyl (C=O) groups is 3. The second kappa shape index (κ2) is 10.3. The average Bonchev–Trinajstić information content (AvgIpc) is 3.18. The van der Waals surface area contributed by atoms with Gasteiger partial charge in [0.05, 0.1) is 17.9 Å². The molecule has 4 aliphatic rings. The molecule has 8 nitrogen and oxygen atoms in total. The lowest BCUT2D eigenvalue weighted by molar-refractivity contribution is -0.151. The van der Waals surface area contributed by atoms with Crippen LogP contribution in [0.5, 0.6) is 0 Å². The lowest BCUT2D eigenvalue weighted by atomic mass is 9.77. The summed E-state index contributed by atoms with van der Waals surface area (Å²) in [5.74, 6) is -1.92. The summed E-state index contributed by atoms with van der Waals surface area (Å²) in [5.41, 5.74) is -0.620. The van der Waals surface area contributed by atoms with Gasteiger partial charge in [0.15, 0.2) is 0 Å². The maximum Gasteiger partial charge on any atom is 0.249 e. The Morgan fingerprint density at radius 1 is 0.974 bits per heavy atom. The molecule has 38 heavy (non-hydrogen) atoms. The maximum atomic E-state index is 14.2. The fourth-order valence-electron chi connectivity index (χ4n) is 6.55. The highest BCUT2D eigenvalue weighted by atomic mass is 16.5. The molecule has 5 rings (SSSR count). The Hall–Kier alpha value is -2.97. The first-order valence-corrected chi connectivity index (χ1v) is 13.8. The number of nitrogens with zero attached hydrogens (tertiary/aromatic N) is 3. The van der Waals surface area contributed by atoms with Crippen molar-refractivity contribution in [2.75, 3.05) is 26.2 Å². The molecular weight excluding hydrogens is 482 g/mol. The minimum Gasteiger partial charge on any atom is -0.396 e. The van der Waals surface area contributed by atoms with Crippen LogP contribution in [0.15, 0.2) is 54.6 Å². The third-order valence-electron chi connectivity index (χ3n) is 8.33. The molecule has 0 bridgehead atoms. The van der Waals surface area contributed by atoms with E-state index in [-0.39, 0.29) is 24.3 Å². The van der Waals surface area contributed by atoms with E-state index in [0.717, 1.165) is 12.0 Å². The highest BCUT2D eigenvalue weighted by Gasteiger charge is 2.71. The van der Waals surface area contributed by atoms with E-state index in [2.05, 4.69) is 0 Å². The van der Waals surface area contributed by atoms with E-state index in [1.807, 2.05) is 75.4 Å². The molecule has 1 aromatic carbocycles. The first-order valence-electron chi connectivity index (χ1n) is 13.8. The molecule has 0 saturated carbocycles. The van der Waals surface area contributed by atoms with Crippen molar-refractivity contribution >= 4 is 17.7 Å². The fraction of sp³-hybridized carbons (Fsp3) is 0.567. The summed E-state index contributed by atoms with van der Waals surface area (Å²) in [6.07, 6.45) is 9.16. The lowest BCUT2D eigenvalue weighted by Gasteiger charge is -2.40. The van der Waals surface area contributed by atoms with Gasteiger partial charge in [0.2, 0.25) is 17.7 Å². The van der Waals surface area contributed by atoms with Gasteiger partial charge in [-0.3, -0.25) is 14.4 Å². The van der Waals surface area contributed by atoms with E-state index in [1.165, 1.54) is 0 Å². The molecule has 2 fully saturated rings. The summed E-state index contributed by atoms with van der Waals surface area (Å²) in [6.45, 7) is 7.76. The quantitative estimate of drug-likeness (QED) is 0.440. The Morgan fingerprint density at radius 3 is 2.45 bits per heavy atom. The monoisotopic (exact) mass is 521 g/mol. The first kappa shape index (κ1) is 26.6. The molecule has 4 heterocycles. The molecular formula is C30H39N3O5. The standard InChI is InChI=1S/C30H39N3O5/c1-29(2,3)33-18-11-15-30-24(27(36)32(25(30)28(33)37)17-8-5-9-19-34)23-22(38-30)14-10-16-31(26(23)35)20-21-12-6-4-7-13-21/h4,6-7,10-15,22-25,34H,5,8-9,16-20H2,1-3H3/t22-,23+,24-,25?,30-/m0/s1.